The van der Waals surface area contributed by atoms with Gasteiger partial charge in [-0.2, -0.15) is 23.8 Å². The normalized spacial score (nSPS) is 13.0. The SMILES string of the molecule is Cc1cc2c(N=Nc3ccccc3S(=O)(=O)O)ccc(N)c2c(O)c1N=Nc1ccc2c(c1)C(=O)c1ccc(N=Nc3ccc4c(N=Nc5ccccc5)ccc(N)c4c3O)cc1C2=O. The highest BCUT2D eigenvalue weighted by atomic mass is 32.2. The average Bonchev–Trinajstić information content (AvgIpc) is 3.30. The Balaban J connectivity index is 0.964. The monoisotopic (exact) mass is 880 g/mol. The Morgan fingerprint density at radius 2 is 0.969 bits per heavy atom. The summed E-state index contributed by atoms with van der Waals surface area (Å²) in [5.74, 6) is -1.41. The zero-order chi connectivity index (χ0) is 45.6. The van der Waals surface area contributed by atoms with Crippen LogP contribution in [0.5, 0.6) is 11.5 Å². The minimum Gasteiger partial charge on any atom is -0.505 e. The zero-order valence-corrected chi connectivity index (χ0v) is 34.6. The van der Waals surface area contributed by atoms with Crippen molar-refractivity contribution in [1.29, 1.82) is 0 Å². The quantitative estimate of drug-likeness (QED) is 0.0522. The van der Waals surface area contributed by atoms with Gasteiger partial charge in [0, 0.05) is 44.4 Å². The molecule has 318 valence electrons. The van der Waals surface area contributed by atoms with Crippen LogP contribution in [0.25, 0.3) is 21.5 Å². The van der Waals surface area contributed by atoms with Gasteiger partial charge < -0.3 is 21.7 Å². The van der Waals surface area contributed by atoms with Crippen LogP contribution in [-0.2, 0) is 10.1 Å². The largest absolute Gasteiger partial charge is 0.505 e. The van der Waals surface area contributed by atoms with Crippen molar-refractivity contribution in [3.63, 3.8) is 0 Å². The molecule has 0 unspecified atom stereocenters. The number of benzene rings is 8. The molecule has 0 atom stereocenters. The van der Waals surface area contributed by atoms with E-state index in [1.54, 1.807) is 37.3 Å². The summed E-state index contributed by atoms with van der Waals surface area (Å²) in [6.45, 7) is 1.67. The van der Waals surface area contributed by atoms with E-state index in [0.29, 0.717) is 38.8 Å². The number of anilines is 2. The van der Waals surface area contributed by atoms with Crippen molar-refractivity contribution in [2.75, 3.05) is 11.5 Å². The van der Waals surface area contributed by atoms with Crippen LogP contribution in [0.15, 0.2) is 179 Å². The molecule has 8 aromatic carbocycles. The van der Waals surface area contributed by atoms with Crippen LogP contribution in [0.4, 0.5) is 56.9 Å². The maximum absolute atomic E-state index is 13.8. The molecule has 9 rings (SSSR count). The Labute approximate surface area is 368 Å². The lowest BCUT2D eigenvalue weighted by Gasteiger charge is -2.17. The Morgan fingerprint density at radius 3 is 1.62 bits per heavy atom. The molecule has 0 bridgehead atoms. The number of rotatable bonds is 9. The van der Waals surface area contributed by atoms with Crippen molar-refractivity contribution in [1.82, 2.24) is 0 Å². The number of aromatic hydroxyl groups is 2. The molecule has 1 aliphatic carbocycles. The Morgan fingerprint density at radius 1 is 0.462 bits per heavy atom. The van der Waals surface area contributed by atoms with Gasteiger partial charge in [-0.3, -0.25) is 14.1 Å². The predicted molar refractivity (Wildman–Crippen MR) is 244 cm³/mol. The van der Waals surface area contributed by atoms with Crippen molar-refractivity contribution in [3.8, 4) is 11.5 Å². The van der Waals surface area contributed by atoms with Crippen LogP contribution in [0.2, 0.25) is 0 Å². The maximum atomic E-state index is 13.8. The van der Waals surface area contributed by atoms with Crippen LogP contribution in [-0.4, -0.2) is 34.8 Å². The highest BCUT2D eigenvalue weighted by molar-refractivity contribution is 7.86. The van der Waals surface area contributed by atoms with Crippen LogP contribution in [0.1, 0.15) is 37.4 Å². The standard InChI is InChI=1S/C47H32N10O7S/c1-24-21-33-37(54-55-38-9-5-6-10-40(38)65(62,63)64)20-17-35(49)42(33)47(61)43(24)57-52-27-12-14-29-32(23-27)45(59)28-13-11-26(22-31(28)44(29)58)51-56-39-18-15-30-36(19-16-34(48)41(30)46(39)60)53-50-25-7-3-2-4-8-25/h2-23,60-61H,48-49H2,1H3,(H,62,63,64). The van der Waals surface area contributed by atoms with E-state index in [0.717, 1.165) is 0 Å². The van der Waals surface area contributed by atoms with Gasteiger partial charge in [-0.15, -0.1) is 25.6 Å². The van der Waals surface area contributed by atoms with Crippen LogP contribution < -0.4 is 11.5 Å². The number of carbonyl (C=O) groups is 2. The fraction of sp³-hybridized carbons (Fsp3) is 0.0213. The number of azo groups is 4. The highest BCUT2D eigenvalue weighted by Crippen LogP contribution is 2.46. The lowest BCUT2D eigenvalue weighted by atomic mass is 9.83. The molecular formula is C47H32N10O7S. The smallest absolute Gasteiger partial charge is 0.296 e. The first kappa shape index (κ1) is 41.5. The minimum absolute atomic E-state index is 0.0673. The molecular weight excluding hydrogens is 849 g/mol. The number of nitrogens with two attached hydrogens (primary N) is 2. The third-order valence-electron chi connectivity index (χ3n) is 10.6. The molecule has 0 spiro atoms. The number of carbonyl (C=O) groups excluding carboxylic acids is 2. The molecule has 0 amide bonds. The van der Waals surface area contributed by atoms with E-state index in [1.807, 2.05) is 30.3 Å². The first-order valence-electron chi connectivity index (χ1n) is 19.5. The second kappa shape index (κ2) is 16.4. The zero-order valence-electron chi connectivity index (χ0n) is 33.8. The lowest BCUT2D eigenvalue weighted by molar-refractivity contribution is 0.0979. The minimum atomic E-state index is -4.58. The van der Waals surface area contributed by atoms with E-state index in [9.17, 15) is 32.8 Å². The molecule has 0 aliphatic heterocycles. The molecule has 1 aliphatic rings. The van der Waals surface area contributed by atoms with Gasteiger partial charge in [0.05, 0.1) is 39.2 Å². The molecule has 18 heteroatoms. The van der Waals surface area contributed by atoms with Crippen molar-refractivity contribution in [3.05, 3.63) is 161 Å². The van der Waals surface area contributed by atoms with Crippen LogP contribution >= 0.6 is 0 Å². The Kier molecular flexibility index (Phi) is 10.5. The van der Waals surface area contributed by atoms with Gasteiger partial charge >= 0.3 is 0 Å². The third-order valence-corrected chi connectivity index (χ3v) is 11.5. The Bertz CT molecular complexity index is 3580. The van der Waals surface area contributed by atoms with Gasteiger partial charge in [0.2, 0.25) is 0 Å². The summed E-state index contributed by atoms with van der Waals surface area (Å²) >= 11 is 0. The van der Waals surface area contributed by atoms with Gasteiger partial charge in [-0.25, -0.2) is 0 Å². The lowest BCUT2D eigenvalue weighted by Crippen LogP contribution is -2.20. The number of hydrogen-bond donors (Lipinski definition) is 5. The summed E-state index contributed by atoms with van der Waals surface area (Å²) < 4.78 is 33.3. The highest BCUT2D eigenvalue weighted by Gasteiger charge is 2.30. The topological polar surface area (TPSA) is 280 Å². The number of ketones is 2. The van der Waals surface area contributed by atoms with Crippen molar-refractivity contribution < 1.29 is 32.8 Å². The number of aryl methyl sites for hydroxylation is 1. The summed E-state index contributed by atoms with van der Waals surface area (Å²) in [6.07, 6.45) is 0. The van der Waals surface area contributed by atoms with Gasteiger partial charge in [0.25, 0.3) is 10.1 Å². The summed E-state index contributed by atoms with van der Waals surface area (Å²) in [6, 6.07) is 34.8. The molecule has 0 aromatic heterocycles. The molecule has 8 aromatic rings. The summed E-state index contributed by atoms with van der Waals surface area (Å²) in [7, 11) is -4.58. The van der Waals surface area contributed by atoms with E-state index < -0.39 is 26.6 Å². The molecule has 0 saturated heterocycles. The van der Waals surface area contributed by atoms with E-state index in [2.05, 4.69) is 40.9 Å². The van der Waals surface area contributed by atoms with E-state index in [4.69, 9.17) is 11.5 Å². The number of nitrogen functional groups attached to an aromatic ring is 2. The van der Waals surface area contributed by atoms with Gasteiger partial charge in [0.15, 0.2) is 23.1 Å². The molecule has 0 saturated carbocycles. The molecule has 0 fully saturated rings. The van der Waals surface area contributed by atoms with Crippen LogP contribution in [0.3, 0.4) is 0 Å². The number of phenols is 2. The first-order valence-corrected chi connectivity index (χ1v) is 21.0. The van der Waals surface area contributed by atoms with Crippen LogP contribution in [0, 0.1) is 6.92 Å². The van der Waals surface area contributed by atoms with Gasteiger partial charge in [0.1, 0.15) is 22.0 Å². The average molecular weight is 881 g/mol. The van der Waals surface area contributed by atoms with Gasteiger partial charge in [-0.1, -0.05) is 30.3 Å². The third kappa shape index (κ3) is 7.81. The Hall–Kier alpha value is -8.87. The second-order valence-corrected chi connectivity index (χ2v) is 16.1. The van der Waals surface area contributed by atoms with Crippen molar-refractivity contribution in [2.24, 2.45) is 40.9 Å². The molecule has 17 nitrogen and oxygen atoms in total. The molecule has 65 heavy (non-hydrogen) atoms. The second-order valence-electron chi connectivity index (χ2n) is 14.7. The van der Waals surface area contributed by atoms with Crippen molar-refractivity contribution in [2.45, 2.75) is 11.8 Å². The van der Waals surface area contributed by atoms with E-state index in [1.165, 1.54) is 72.8 Å². The summed E-state index contributed by atoms with van der Waals surface area (Å²) in [4.78, 5) is 27.2. The summed E-state index contributed by atoms with van der Waals surface area (Å²) in [5.41, 5.74) is 15.9. The van der Waals surface area contributed by atoms with E-state index >= 15 is 0 Å². The number of phenolic OH excluding ortho intramolecular Hbond substituents is 2. The summed E-state index contributed by atoms with van der Waals surface area (Å²) in [5, 5.41) is 58.0. The number of hydrogen-bond acceptors (Lipinski definition) is 16. The fourth-order valence-corrected chi connectivity index (χ4v) is 8.00. The fourth-order valence-electron chi connectivity index (χ4n) is 7.38. The molecule has 0 heterocycles. The molecule has 0 radical (unpaired) electrons. The number of nitrogens with zero attached hydrogens (tertiary/aromatic N) is 8. The maximum Gasteiger partial charge on any atom is 0.296 e. The van der Waals surface area contributed by atoms with Gasteiger partial charge in [-0.05, 0) is 116 Å². The predicted octanol–water partition coefficient (Wildman–Crippen LogP) is 12.6. The molecule has 7 N–H and O–H groups in total. The number of fused-ring (bicyclic) bond motifs is 4. The first-order chi connectivity index (χ1) is 31.3. The van der Waals surface area contributed by atoms with E-state index in [-0.39, 0.29) is 79.0 Å². The van der Waals surface area contributed by atoms with Crippen molar-refractivity contribution >= 4 is 100 Å².